The quantitative estimate of drug-likeness (QED) is 0.886. The first-order valence-corrected chi connectivity index (χ1v) is 8.09. The number of halogens is 1. The van der Waals surface area contributed by atoms with Crippen molar-refractivity contribution >= 4 is 31.8 Å². The van der Waals surface area contributed by atoms with E-state index in [1.54, 1.807) is 26.4 Å². The number of nitrogens with one attached hydrogen (secondary N) is 1. The van der Waals surface area contributed by atoms with Crippen LogP contribution in [0.25, 0.3) is 0 Å². The molecule has 1 fully saturated rings. The molecule has 0 bridgehead atoms. The summed E-state index contributed by atoms with van der Waals surface area (Å²) in [5, 5.41) is 2.81. The van der Waals surface area contributed by atoms with E-state index < -0.39 is 10.0 Å². The van der Waals surface area contributed by atoms with Crippen molar-refractivity contribution in [3.63, 3.8) is 0 Å². The lowest BCUT2D eigenvalue weighted by atomic mass is 10.3. The number of anilines is 1. The van der Waals surface area contributed by atoms with Crippen LogP contribution in [0.1, 0.15) is 6.42 Å². The monoisotopic (exact) mass is 349 g/mol. The third kappa shape index (κ3) is 2.91. The molecule has 1 saturated heterocycles. The standard InChI is InChI=1S/C11H16BrN3O3S/c1-13-11-10(5-8(12)6-14-11)19(16,17)15(2)9-3-4-18-7-9/h5-6,9H,3-4,7H2,1-2H3,(H,13,14). The molecular weight excluding hydrogens is 334 g/mol. The van der Waals surface area contributed by atoms with Crippen molar-refractivity contribution in [2.75, 3.05) is 32.6 Å². The molecule has 1 unspecified atom stereocenters. The minimum atomic E-state index is -3.59. The molecule has 1 aliphatic rings. The number of aromatic nitrogens is 1. The molecule has 0 amide bonds. The van der Waals surface area contributed by atoms with E-state index in [0.29, 0.717) is 29.9 Å². The van der Waals surface area contributed by atoms with Gasteiger partial charge >= 0.3 is 0 Å². The average Bonchev–Trinajstić information content (AvgIpc) is 2.91. The topological polar surface area (TPSA) is 71.5 Å². The van der Waals surface area contributed by atoms with E-state index in [4.69, 9.17) is 4.74 Å². The first-order valence-electron chi connectivity index (χ1n) is 5.86. The van der Waals surface area contributed by atoms with Crippen molar-refractivity contribution < 1.29 is 13.2 Å². The van der Waals surface area contributed by atoms with Crippen LogP contribution in [0.15, 0.2) is 21.6 Å². The molecule has 2 heterocycles. The van der Waals surface area contributed by atoms with Crippen molar-refractivity contribution in [3.05, 3.63) is 16.7 Å². The summed E-state index contributed by atoms with van der Waals surface area (Å²) in [6.07, 6.45) is 2.27. The van der Waals surface area contributed by atoms with E-state index in [1.807, 2.05) is 0 Å². The fraction of sp³-hybridized carbons (Fsp3) is 0.545. The molecule has 1 aromatic heterocycles. The minimum absolute atomic E-state index is 0.117. The van der Waals surface area contributed by atoms with Crippen LogP contribution in [0.2, 0.25) is 0 Å². The van der Waals surface area contributed by atoms with Crippen molar-refractivity contribution in [3.8, 4) is 0 Å². The number of ether oxygens (including phenoxy) is 1. The van der Waals surface area contributed by atoms with Gasteiger partial charge in [-0.2, -0.15) is 4.31 Å². The molecule has 2 rings (SSSR count). The van der Waals surface area contributed by atoms with Crippen LogP contribution in [0.3, 0.4) is 0 Å². The molecule has 0 saturated carbocycles. The summed E-state index contributed by atoms with van der Waals surface area (Å²) >= 11 is 3.25. The van der Waals surface area contributed by atoms with Gasteiger partial charge in [0.1, 0.15) is 10.7 Å². The van der Waals surface area contributed by atoms with E-state index >= 15 is 0 Å². The Morgan fingerprint density at radius 1 is 1.58 bits per heavy atom. The predicted molar refractivity (Wildman–Crippen MR) is 75.7 cm³/mol. The normalized spacial score (nSPS) is 19.9. The summed E-state index contributed by atoms with van der Waals surface area (Å²) in [4.78, 5) is 4.24. The molecule has 1 N–H and O–H groups in total. The van der Waals surface area contributed by atoms with Gasteiger partial charge in [0.25, 0.3) is 0 Å². The molecule has 6 nitrogen and oxygen atoms in total. The van der Waals surface area contributed by atoms with Gasteiger partial charge in [0.2, 0.25) is 10.0 Å². The van der Waals surface area contributed by atoms with Gasteiger partial charge in [-0.1, -0.05) is 0 Å². The van der Waals surface area contributed by atoms with Crippen LogP contribution < -0.4 is 5.32 Å². The number of hydrogen-bond acceptors (Lipinski definition) is 5. The van der Waals surface area contributed by atoms with Gasteiger partial charge in [-0.25, -0.2) is 13.4 Å². The average molecular weight is 350 g/mol. The Morgan fingerprint density at radius 3 is 2.89 bits per heavy atom. The summed E-state index contributed by atoms with van der Waals surface area (Å²) in [5.41, 5.74) is 0. The Kier molecular flexibility index (Phi) is 4.44. The Bertz CT molecular complexity index is 558. The number of rotatable bonds is 4. The molecule has 0 aromatic carbocycles. The Balaban J connectivity index is 2.40. The van der Waals surface area contributed by atoms with E-state index in [2.05, 4.69) is 26.2 Å². The van der Waals surface area contributed by atoms with E-state index in [9.17, 15) is 8.42 Å². The lowest BCUT2D eigenvalue weighted by Crippen LogP contribution is -2.37. The van der Waals surface area contributed by atoms with Gasteiger partial charge in [-0.3, -0.25) is 0 Å². The number of nitrogens with zero attached hydrogens (tertiary/aromatic N) is 2. The fourth-order valence-electron chi connectivity index (χ4n) is 1.97. The Labute approximate surface area is 121 Å². The van der Waals surface area contributed by atoms with Gasteiger partial charge in [0.15, 0.2) is 0 Å². The molecule has 106 valence electrons. The zero-order valence-corrected chi connectivity index (χ0v) is 13.2. The highest BCUT2D eigenvalue weighted by atomic mass is 79.9. The summed E-state index contributed by atoms with van der Waals surface area (Å²) in [5.74, 6) is 0.342. The first kappa shape index (κ1) is 14.7. The number of sulfonamides is 1. The van der Waals surface area contributed by atoms with Crippen LogP contribution in [0, 0.1) is 0 Å². The lowest BCUT2D eigenvalue weighted by Gasteiger charge is -2.23. The molecular formula is C11H16BrN3O3S. The highest BCUT2D eigenvalue weighted by Crippen LogP contribution is 2.27. The third-order valence-corrected chi connectivity index (χ3v) is 5.49. The zero-order chi connectivity index (χ0) is 14.0. The Hall–Kier alpha value is -0.700. The van der Waals surface area contributed by atoms with Crippen LogP contribution >= 0.6 is 15.9 Å². The summed E-state index contributed by atoms with van der Waals surface area (Å²) < 4.78 is 32.5. The van der Waals surface area contributed by atoms with Crippen molar-refractivity contribution in [1.82, 2.24) is 9.29 Å². The Morgan fingerprint density at radius 2 is 2.32 bits per heavy atom. The zero-order valence-electron chi connectivity index (χ0n) is 10.8. The highest BCUT2D eigenvalue weighted by molar-refractivity contribution is 9.10. The summed E-state index contributed by atoms with van der Waals surface area (Å²) in [7, 11) is -0.364. The molecule has 0 aliphatic carbocycles. The molecule has 1 aliphatic heterocycles. The fourth-order valence-corrected chi connectivity index (χ4v) is 3.99. The molecule has 1 aromatic rings. The van der Waals surface area contributed by atoms with Gasteiger partial charge in [-0.15, -0.1) is 0 Å². The predicted octanol–water partition coefficient (Wildman–Crippen LogP) is 1.30. The van der Waals surface area contributed by atoms with Gasteiger partial charge in [-0.05, 0) is 28.4 Å². The van der Waals surface area contributed by atoms with Crippen molar-refractivity contribution in [2.45, 2.75) is 17.4 Å². The third-order valence-electron chi connectivity index (χ3n) is 3.13. The summed E-state index contributed by atoms with van der Waals surface area (Å²) in [6.45, 7) is 1.03. The van der Waals surface area contributed by atoms with Crippen LogP contribution in [0.5, 0.6) is 0 Å². The van der Waals surface area contributed by atoms with E-state index in [-0.39, 0.29) is 10.9 Å². The molecule has 8 heteroatoms. The van der Waals surface area contributed by atoms with Crippen LogP contribution in [-0.2, 0) is 14.8 Å². The maximum atomic E-state index is 12.6. The minimum Gasteiger partial charge on any atom is -0.380 e. The maximum Gasteiger partial charge on any atom is 0.246 e. The molecule has 19 heavy (non-hydrogen) atoms. The molecule has 0 spiro atoms. The van der Waals surface area contributed by atoms with E-state index in [0.717, 1.165) is 0 Å². The van der Waals surface area contributed by atoms with Gasteiger partial charge in [0, 0.05) is 31.4 Å². The second kappa shape index (κ2) is 5.74. The van der Waals surface area contributed by atoms with Gasteiger partial charge in [0.05, 0.1) is 12.6 Å². The molecule has 0 radical (unpaired) electrons. The SMILES string of the molecule is CNc1ncc(Br)cc1S(=O)(=O)N(C)C1CCOC1. The van der Waals surface area contributed by atoms with Crippen LogP contribution in [-0.4, -0.2) is 51.1 Å². The van der Waals surface area contributed by atoms with Gasteiger partial charge < -0.3 is 10.1 Å². The first-order chi connectivity index (χ1) is 8.96. The lowest BCUT2D eigenvalue weighted by molar-refractivity contribution is 0.181. The van der Waals surface area contributed by atoms with E-state index in [1.165, 1.54) is 4.31 Å². The highest BCUT2D eigenvalue weighted by Gasteiger charge is 2.32. The molecule has 1 atom stereocenters. The summed E-state index contributed by atoms with van der Waals surface area (Å²) in [6, 6.07) is 1.44. The second-order valence-electron chi connectivity index (χ2n) is 4.29. The number of pyridine rings is 1. The van der Waals surface area contributed by atoms with Crippen molar-refractivity contribution in [1.29, 1.82) is 0 Å². The maximum absolute atomic E-state index is 12.6. The smallest absolute Gasteiger partial charge is 0.246 e. The van der Waals surface area contributed by atoms with Crippen LogP contribution in [0.4, 0.5) is 5.82 Å². The number of likely N-dealkylation sites (N-methyl/N-ethyl adjacent to an activating group) is 1. The number of hydrogen-bond donors (Lipinski definition) is 1. The second-order valence-corrected chi connectivity index (χ2v) is 7.17. The van der Waals surface area contributed by atoms with Crippen molar-refractivity contribution in [2.24, 2.45) is 0 Å². The largest absolute Gasteiger partial charge is 0.380 e.